The molecule has 1 unspecified atom stereocenters. The van der Waals surface area contributed by atoms with Gasteiger partial charge in [-0.3, -0.25) is 10.1 Å². The molecule has 1 aliphatic rings. The normalized spacial score (nSPS) is 16.2. The van der Waals surface area contributed by atoms with Gasteiger partial charge in [0.25, 0.3) is 0 Å². The third-order valence-corrected chi connectivity index (χ3v) is 6.93. The van der Waals surface area contributed by atoms with Crippen LogP contribution in [0.2, 0.25) is 0 Å². The van der Waals surface area contributed by atoms with Crippen molar-refractivity contribution in [2.75, 3.05) is 37.5 Å². The maximum atomic E-state index is 13.5. The number of H-pyrrole nitrogens is 1. The van der Waals surface area contributed by atoms with E-state index in [0.717, 1.165) is 30.0 Å². The fourth-order valence-corrected chi connectivity index (χ4v) is 4.94. The number of anilines is 1. The third-order valence-electron chi connectivity index (χ3n) is 5.24. The summed E-state index contributed by atoms with van der Waals surface area (Å²) in [4.78, 5) is 12.3. The number of nitrogens with one attached hydrogen (secondary N) is 1. The molecule has 0 spiro atoms. The summed E-state index contributed by atoms with van der Waals surface area (Å²) in [5.41, 5.74) is 2.77. The van der Waals surface area contributed by atoms with Gasteiger partial charge in [-0.1, -0.05) is 18.2 Å². The smallest absolute Gasteiger partial charge is 0.131 e. The molecule has 0 radical (unpaired) electrons. The second-order valence-corrected chi connectivity index (χ2v) is 9.59. The Balaban J connectivity index is 1.76. The van der Waals surface area contributed by atoms with Gasteiger partial charge in [0.2, 0.25) is 0 Å². The van der Waals surface area contributed by atoms with Gasteiger partial charge in [0.1, 0.15) is 17.0 Å². The molecule has 31 heavy (non-hydrogen) atoms. The van der Waals surface area contributed by atoms with Crippen molar-refractivity contribution in [1.29, 1.82) is 0 Å². The molecule has 1 N–H and O–H groups in total. The molecule has 0 aliphatic carbocycles. The third kappa shape index (κ3) is 3.89. The van der Waals surface area contributed by atoms with Crippen LogP contribution in [0.3, 0.4) is 0 Å². The number of rotatable bonds is 4. The zero-order valence-corrected chi connectivity index (χ0v) is 17.9. The summed E-state index contributed by atoms with van der Waals surface area (Å²) in [7, 11) is -2.66. The van der Waals surface area contributed by atoms with Crippen molar-refractivity contribution in [3.63, 3.8) is 0 Å². The van der Waals surface area contributed by atoms with Gasteiger partial charge in [0.15, 0.2) is 0 Å². The Morgan fingerprint density at radius 2 is 1.90 bits per heavy atom. The molecule has 4 heterocycles. The number of ether oxygens (including phenoxy) is 1. The molecule has 1 aromatic carbocycles. The molecule has 1 atom stereocenters. The minimum absolute atomic E-state index is 0.631. The zero-order chi connectivity index (χ0) is 21.3. The highest BCUT2D eigenvalue weighted by Crippen LogP contribution is 2.35. The lowest BCUT2D eigenvalue weighted by molar-refractivity contribution is 0.122. The summed E-state index contributed by atoms with van der Waals surface area (Å²) in [6, 6.07) is 15.0. The monoisotopic (exact) mass is 434 g/mol. The van der Waals surface area contributed by atoms with E-state index in [1.54, 1.807) is 18.6 Å². The van der Waals surface area contributed by atoms with Crippen LogP contribution in [0, 0.1) is 0 Å². The predicted molar refractivity (Wildman–Crippen MR) is 121 cm³/mol. The first-order chi connectivity index (χ1) is 15.1. The van der Waals surface area contributed by atoms with Crippen molar-refractivity contribution in [1.82, 2.24) is 20.2 Å². The Hall–Kier alpha value is -3.30. The van der Waals surface area contributed by atoms with Crippen molar-refractivity contribution < 1.29 is 8.95 Å². The zero-order valence-electron chi connectivity index (χ0n) is 17.1. The van der Waals surface area contributed by atoms with E-state index >= 15 is 0 Å². The van der Waals surface area contributed by atoms with E-state index < -0.39 is 9.73 Å². The Bertz CT molecular complexity index is 1330. The van der Waals surface area contributed by atoms with Crippen molar-refractivity contribution in [2.24, 2.45) is 4.36 Å². The molecule has 0 amide bonds. The molecule has 3 aromatic heterocycles. The van der Waals surface area contributed by atoms with Crippen LogP contribution in [-0.2, 0) is 14.5 Å². The minimum Gasteiger partial charge on any atom is -0.378 e. The summed E-state index contributed by atoms with van der Waals surface area (Å²) in [6.07, 6.45) is 5.06. The molecule has 4 aromatic rings. The van der Waals surface area contributed by atoms with Crippen LogP contribution in [0.5, 0.6) is 0 Å². The highest BCUT2D eigenvalue weighted by atomic mass is 32.2. The Morgan fingerprint density at radius 3 is 2.65 bits per heavy atom. The minimum atomic E-state index is -2.66. The van der Waals surface area contributed by atoms with Crippen LogP contribution < -0.4 is 4.90 Å². The number of benzene rings is 1. The van der Waals surface area contributed by atoms with Gasteiger partial charge in [0, 0.05) is 48.1 Å². The van der Waals surface area contributed by atoms with E-state index in [0.29, 0.717) is 35.0 Å². The highest BCUT2D eigenvalue weighted by molar-refractivity contribution is 7.93. The Kier molecular flexibility index (Phi) is 5.13. The van der Waals surface area contributed by atoms with Crippen LogP contribution in [0.25, 0.3) is 22.3 Å². The van der Waals surface area contributed by atoms with Gasteiger partial charge in [-0.15, -0.1) is 0 Å². The lowest BCUT2D eigenvalue weighted by atomic mass is 10.1. The summed E-state index contributed by atoms with van der Waals surface area (Å²) in [5, 5.41) is 7.81. The van der Waals surface area contributed by atoms with Crippen LogP contribution in [0.15, 0.2) is 70.2 Å². The SMILES string of the molecule is CS(=O)(=Nc1cc(N2CCOCC2)nc2c(-c3ccn[nH]3)nccc12)c1ccccc1. The molecule has 9 heteroatoms. The Morgan fingerprint density at radius 1 is 1.10 bits per heavy atom. The van der Waals surface area contributed by atoms with Crippen LogP contribution >= 0.6 is 0 Å². The second kappa shape index (κ2) is 8.09. The molecule has 1 aliphatic heterocycles. The number of aromatic amines is 1. The van der Waals surface area contributed by atoms with E-state index in [1.807, 2.05) is 48.5 Å². The molecule has 8 nitrogen and oxygen atoms in total. The summed E-state index contributed by atoms with van der Waals surface area (Å²) in [6.45, 7) is 2.75. The lowest BCUT2D eigenvalue weighted by Gasteiger charge is -2.28. The second-order valence-electron chi connectivity index (χ2n) is 7.33. The quantitative estimate of drug-likeness (QED) is 0.527. The summed E-state index contributed by atoms with van der Waals surface area (Å²) < 4.78 is 23.8. The van der Waals surface area contributed by atoms with Gasteiger partial charge in [-0.2, -0.15) is 9.46 Å². The van der Waals surface area contributed by atoms with Crippen molar-refractivity contribution in [2.45, 2.75) is 4.90 Å². The fraction of sp³-hybridized carbons (Fsp3) is 0.227. The van der Waals surface area contributed by atoms with Crippen LogP contribution in [0.1, 0.15) is 0 Å². The van der Waals surface area contributed by atoms with Crippen molar-refractivity contribution in [3.05, 3.63) is 60.9 Å². The van der Waals surface area contributed by atoms with E-state index in [1.165, 1.54) is 0 Å². The molecule has 0 saturated carbocycles. The first kappa shape index (κ1) is 19.7. The van der Waals surface area contributed by atoms with Gasteiger partial charge in [0.05, 0.1) is 34.3 Å². The van der Waals surface area contributed by atoms with Crippen molar-refractivity contribution >= 4 is 32.1 Å². The number of morpholine rings is 1. The number of pyridine rings is 2. The molecule has 1 fully saturated rings. The number of nitrogens with zero attached hydrogens (tertiary/aromatic N) is 5. The molecule has 0 bridgehead atoms. The van der Waals surface area contributed by atoms with Gasteiger partial charge < -0.3 is 9.64 Å². The van der Waals surface area contributed by atoms with Gasteiger partial charge >= 0.3 is 0 Å². The number of hydrogen-bond acceptors (Lipinski definition) is 7. The fourth-order valence-electron chi connectivity index (χ4n) is 3.65. The standard InChI is InChI=1S/C22H22N6O2S/c1-31(29,16-5-3-2-4-6-16)27-19-15-20(28-11-13-30-14-12-28)25-21-17(19)7-9-23-22(21)18-8-10-24-26-18/h2-10,15H,11-14H2,1H3,(H,24,26). The molecular formula is C22H22N6O2S. The van der Waals surface area contributed by atoms with E-state index in [2.05, 4.69) is 20.1 Å². The van der Waals surface area contributed by atoms with E-state index in [9.17, 15) is 4.21 Å². The van der Waals surface area contributed by atoms with Crippen molar-refractivity contribution in [3.8, 4) is 11.4 Å². The molecule has 1 saturated heterocycles. The first-order valence-electron chi connectivity index (χ1n) is 10.0. The largest absolute Gasteiger partial charge is 0.378 e. The van der Waals surface area contributed by atoms with Gasteiger partial charge in [-0.05, 0) is 24.3 Å². The van der Waals surface area contributed by atoms with E-state index in [-0.39, 0.29) is 0 Å². The summed E-state index contributed by atoms with van der Waals surface area (Å²) in [5.74, 6) is 0.770. The molecular weight excluding hydrogens is 412 g/mol. The highest BCUT2D eigenvalue weighted by Gasteiger charge is 2.19. The molecule has 158 valence electrons. The number of hydrogen-bond donors (Lipinski definition) is 1. The maximum Gasteiger partial charge on any atom is 0.131 e. The average molecular weight is 435 g/mol. The average Bonchev–Trinajstić information content (AvgIpc) is 3.34. The van der Waals surface area contributed by atoms with Crippen LogP contribution in [-0.4, -0.2) is 56.9 Å². The van der Waals surface area contributed by atoms with Gasteiger partial charge in [-0.25, -0.2) is 9.19 Å². The predicted octanol–water partition coefficient (Wildman–Crippen LogP) is 3.64. The lowest BCUT2D eigenvalue weighted by Crippen LogP contribution is -2.36. The van der Waals surface area contributed by atoms with Crippen LogP contribution in [0.4, 0.5) is 11.5 Å². The topological polar surface area (TPSA) is 96.4 Å². The summed E-state index contributed by atoms with van der Waals surface area (Å²) >= 11 is 0. The number of aromatic nitrogens is 4. The number of fused-ring (bicyclic) bond motifs is 1. The molecule has 5 rings (SSSR count). The van der Waals surface area contributed by atoms with E-state index in [4.69, 9.17) is 14.1 Å². The maximum absolute atomic E-state index is 13.5. The first-order valence-corrected chi connectivity index (χ1v) is 11.9. The Labute approximate surface area is 180 Å².